The summed E-state index contributed by atoms with van der Waals surface area (Å²) >= 11 is 6.34. The van der Waals surface area contributed by atoms with Crippen molar-refractivity contribution in [1.82, 2.24) is 20.1 Å². The van der Waals surface area contributed by atoms with Crippen molar-refractivity contribution in [3.63, 3.8) is 0 Å². The van der Waals surface area contributed by atoms with E-state index in [1.807, 2.05) is 48.8 Å². The third-order valence-electron chi connectivity index (χ3n) is 9.29. The Morgan fingerprint density at radius 3 is 2.72 bits per heavy atom. The highest BCUT2D eigenvalue weighted by Gasteiger charge is 2.57. The van der Waals surface area contributed by atoms with Gasteiger partial charge in [-0.2, -0.15) is 0 Å². The summed E-state index contributed by atoms with van der Waals surface area (Å²) in [7, 11) is 0. The van der Waals surface area contributed by atoms with Gasteiger partial charge in [0.05, 0.1) is 11.5 Å². The molecule has 1 aliphatic carbocycles. The molecule has 5 rings (SSSR count). The lowest BCUT2D eigenvalue weighted by Crippen LogP contribution is -2.64. The Kier molecular flexibility index (Phi) is 8.08. The van der Waals surface area contributed by atoms with E-state index in [1.54, 1.807) is 0 Å². The molecule has 0 spiro atoms. The van der Waals surface area contributed by atoms with Gasteiger partial charge in [-0.15, -0.1) is 0 Å². The van der Waals surface area contributed by atoms with Gasteiger partial charge in [0.1, 0.15) is 0 Å². The molecular weight excluding hydrogens is 512 g/mol. The van der Waals surface area contributed by atoms with E-state index in [2.05, 4.69) is 16.4 Å². The molecule has 8 heteroatoms. The van der Waals surface area contributed by atoms with Crippen molar-refractivity contribution in [2.45, 2.75) is 77.7 Å². The summed E-state index contributed by atoms with van der Waals surface area (Å²) in [6, 6.07) is 5.79. The molecule has 0 unspecified atom stereocenters. The highest BCUT2D eigenvalue weighted by Crippen LogP contribution is 2.50. The van der Waals surface area contributed by atoms with E-state index >= 15 is 0 Å². The molecule has 210 valence electrons. The van der Waals surface area contributed by atoms with E-state index < -0.39 is 17.4 Å². The van der Waals surface area contributed by atoms with Crippen molar-refractivity contribution >= 4 is 40.2 Å². The molecule has 2 N–H and O–H groups in total. The zero-order valence-electron chi connectivity index (χ0n) is 23.4. The fourth-order valence-electron chi connectivity index (χ4n) is 7.10. The lowest BCUT2D eigenvalue weighted by Gasteiger charge is -2.54. The maximum atomic E-state index is 14.0. The van der Waals surface area contributed by atoms with Gasteiger partial charge in [-0.3, -0.25) is 14.4 Å². The number of hydrogen-bond acceptors (Lipinski definition) is 3. The minimum Gasteiger partial charge on any atom is -0.356 e. The maximum absolute atomic E-state index is 14.0. The Bertz CT molecular complexity index is 1300. The quantitative estimate of drug-likeness (QED) is 0.434. The maximum Gasteiger partial charge on any atom is 0.228 e. The number of halogens is 1. The zero-order chi connectivity index (χ0) is 27.7. The smallest absolute Gasteiger partial charge is 0.228 e. The van der Waals surface area contributed by atoms with Gasteiger partial charge in [-0.1, -0.05) is 23.3 Å². The number of nitrogens with zero attached hydrogens (tertiary/aromatic N) is 2. The van der Waals surface area contributed by atoms with Crippen LogP contribution in [0, 0.1) is 11.8 Å². The highest BCUT2D eigenvalue weighted by atomic mass is 35.5. The average Bonchev–Trinajstić information content (AvgIpc) is 3.30. The average molecular weight is 553 g/mol. The number of nitrogens with one attached hydrogen (secondary N) is 2. The van der Waals surface area contributed by atoms with Gasteiger partial charge < -0.3 is 20.1 Å². The summed E-state index contributed by atoms with van der Waals surface area (Å²) in [6.45, 7) is 8.31. The van der Waals surface area contributed by atoms with Crippen LogP contribution in [0.2, 0.25) is 5.02 Å². The van der Waals surface area contributed by atoms with Crippen molar-refractivity contribution in [3.05, 3.63) is 46.1 Å². The first-order chi connectivity index (χ1) is 18.8. The molecule has 1 saturated heterocycles. The third-order valence-corrected chi connectivity index (χ3v) is 9.53. The Balaban J connectivity index is 1.42. The van der Waals surface area contributed by atoms with Gasteiger partial charge in [0.15, 0.2) is 0 Å². The molecule has 2 aliphatic heterocycles. The summed E-state index contributed by atoms with van der Waals surface area (Å²) in [5, 5.41) is 4.76. The molecular formula is C31H41ClN4O3. The van der Waals surface area contributed by atoms with Gasteiger partial charge in [-0.05, 0) is 89.5 Å². The van der Waals surface area contributed by atoms with Crippen LogP contribution in [0.25, 0.3) is 10.9 Å². The van der Waals surface area contributed by atoms with E-state index in [-0.39, 0.29) is 24.1 Å². The van der Waals surface area contributed by atoms with Crippen molar-refractivity contribution in [2.75, 3.05) is 26.2 Å². The van der Waals surface area contributed by atoms with Crippen LogP contribution in [0.4, 0.5) is 0 Å². The van der Waals surface area contributed by atoms with Crippen molar-refractivity contribution in [1.29, 1.82) is 0 Å². The second kappa shape index (κ2) is 11.4. The predicted octanol–water partition coefficient (Wildman–Crippen LogP) is 5.32. The van der Waals surface area contributed by atoms with E-state index in [1.165, 1.54) is 18.4 Å². The number of hydrogen-bond donors (Lipinski definition) is 2. The van der Waals surface area contributed by atoms with Crippen LogP contribution < -0.4 is 5.32 Å². The minimum atomic E-state index is -0.823. The zero-order valence-corrected chi connectivity index (χ0v) is 24.2. The van der Waals surface area contributed by atoms with Crippen molar-refractivity contribution in [3.8, 4) is 0 Å². The van der Waals surface area contributed by atoms with Crippen LogP contribution in [-0.4, -0.2) is 58.7 Å². The molecule has 2 aromatic rings. The number of allylic oxidation sites excluding steroid dienone is 1. The minimum absolute atomic E-state index is 0.0337. The van der Waals surface area contributed by atoms with E-state index in [9.17, 15) is 14.4 Å². The number of carbonyl (C=O) groups is 3. The van der Waals surface area contributed by atoms with Crippen LogP contribution in [0.5, 0.6) is 0 Å². The molecule has 0 bridgehead atoms. The summed E-state index contributed by atoms with van der Waals surface area (Å²) < 4.78 is 0. The molecule has 3 aliphatic rings. The lowest BCUT2D eigenvalue weighted by molar-refractivity contribution is -0.164. The number of H-pyrrole nitrogens is 1. The number of benzene rings is 1. The highest BCUT2D eigenvalue weighted by molar-refractivity contribution is 6.31. The Labute approximate surface area is 236 Å². The van der Waals surface area contributed by atoms with Crippen molar-refractivity contribution < 1.29 is 14.4 Å². The number of piperidine rings is 1. The first-order valence-electron chi connectivity index (χ1n) is 14.6. The van der Waals surface area contributed by atoms with Gasteiger partial charge in [-0.25, -0.2) is 0 Å². The van der Waals surface area contributed by atoms with Crippen LogP contribution in [0.3, 0.4) is 0 Å². The second-order valence-electron chi connectivity index (χ2n) is 11.5. The Morgan fingerprint density at radius 2 is 2.00 bits per heavy atom. The SMILES string of the molecule is CCN(CC)C(=O)[C@H]1C[C@H](CC(=O)NCCC2=CCCCC2)C(=O)N2CCc3c([nH]c4ccc(Cl)cc34)[C@]12C. The molecule has 3 atom stereocenters. The van der Waals surface area contributed by atoms with Gasteiger partial charge in [0.25, 0.3) is 0 Å². The molecule has 1 fully saturated rings. The largest absolute Gasteiger partial charge is 0.356 e. The van der Waals surface area contributed by atoms with Crippen molar-refractivity contribution in [2.24, 2.45) is 11.8 Å². The molecule has 1 aromatic carbocycles. The Morgan fingerprint density at radius 1 is 1.21 bits per heavy atom. The second-order valence-corrected chi connectivity index (χ2v) is 11.9. The fraction of sp³-hybridized carbons (Fsp3) is 0.581. The summed E-state index contributed by atoms with van der Waals surface area (Å²) in [5.41, 5.74) is 3.61. The number of aromatic nitrogens is 1. The molecule has 0 radical (unpaired) electrons. The van der Waals surface area contributed by atoms with Crippen LogP contribution in [0.1, 0.15) is 77.0 Å². The summed E-state index contributed by atoms with van der Waals surface area (Å²) in [4.78, 5) is 48.3. The van der Waals surface area contributed by atoms with Crippen LogP contribution >= 0.6 is 11.6 Å². The first-order valence-corrected chi connectivity index (χ1v) is 15.0. The summed E-state index contributed by atoms with van der Waals surface area (Å²) in [6.07, 6.45) is 9.02. The summed E-state index contributed by atoms with van der Waals surface area (Å²) in [5.74, 6) is -1.08. The molecule has 1 aromatic heterocycles. The van der Waals surface area contributed by atoms with E-state index in [4.69, 9.17) is 11.6 Å². The number of rotatable bonds is 8. The standard InChI is InChI=1S/C31H41ClN4O3/c1-4-35(5-2)30(39)25-17-21(18-27(37)33-15-13-20-9-7-6-8-10-20)29(38)36-16-14-23-24-19-22(32)11-12-26(24)34-28(23)31(25,36)3/h9,11-12,19,21,25,34H,4-8,10,13-18H2,1-3H3,(H,33,37)/t21-,25-,31+/m1/s1. The monoisotopic (exact) mass is 552 g/mol. The number of aromatic amines is 1. The molecule has 3 heterocycles. The van der Waals surface area contributed by atoms with Crippen LogP contribution in [0.15, 0.2) is 29.8 Å². The predicted molar refractivity (Wildman–Crippen MR) is 154 cm³/mol. The van der Waals surface area contributed by atoms with Gasteiger partial charge in [0, 0.05) is 60.1 Å². The molecule has 7 nitrogen and oxygen atoms in total. The topological polar surface area (TPSA) is 85.5 Å². The van der Waals surface area contributed by atoms with E-state index in [0.29, 0.717) is 44.0 Å². The number of carbonyl (C=O) groups excluding carboxylic acids is 3. The van der Waals surface area contributed by atoms with E-state index in [0.717, 1.165) is 41.4 Å². The third kappa shape index (κ3) is 5.10. The molecule has 3 amide bonds. The Hall–Kier alpha value is -2.80. The van der Waals surface area contributed by atoms with Gasteiger partial charge >= 0.3 is 0 Å². The van der Waals surface area contributed by atoms with Gasteiger partial charge in [0.2, 0.25) is 17.7 Å². The first kappa shape index (κ1) is 27.8. The van der Waals surface area contributed by atoms with Crippen LogP contribution in [-0.2, 0) is 26.3 Å². The molecule has 0 saturated carbocycles. The fourth-order valence-corrected chi connectivity index (χ4v) is 7.27. The lowest BCUT2D eigenvalue weighted by atomic mass is 9.67. The molecule has 39 heavy (non-hydrogen) atoms. The number of fused-ring (bicyclic) bond motifs is 5. The normalized spacial score (nSPS) is 24.7. The number of amides is 3.